The van der Waals surface area contributed by atoms with E-state index in [1.165, 1.54) is 0 Å². The molecule has 0 saturated heterocycles. The first-order chi connectivity index (χ1) is 7.34. The Balaban J connectivity index is 3.70. The lowest BCUT2D eigenvalue weighted by atomic mass is 10.1. The molecule has 3 N–H and O–H groups in total. The van der Waals surface area contributed by atoms with Crippen molar-refractivity contribution in [3.63, 3.8) is 0 Å². The zero-order valence-electron chi connectivity index (χ0n) is 9.42. The second kappa shape index (κ2) is 7.19. The van der Waals surface area contributed by atoms with Gasteiger partial charge in [-0.05, 0) is 12.8 Å². The van der Waals surface area contributed by atoms with E-state index in [-0.39, 0.29) is 25.2 Å². The summed E-state index contributed by atoms with van der Waals surface area (Å²) in [7, 11) is 0. The van der Waals surface area contributed by atoms with Crippen molar-refractivity contribution < 1.29 is 29.6 Å². The minimum atomic E-state index is -1.46. The molecule has 0 aliphatic heterocycles. The largest absolute Gasteiger partial charge is 0.479 e. The Morgan fingerprint density at radius 2 is 1.81 bits per heavy atom. The summed E-state index contributed by atoms with van der Waals surface area (Å²) >= 11 is 0. The Kier molecular flexibility index (Phi) is 6.67. The highest BCUT2D eigenvalue weighted by Crippen LogP contribution is 2.07. The highest BCUT2D eigenvalue weighted by Gasteiger charge is 2.16. The van der Waals surface area contributed by atoms with E-state index in [4.69, 9.17) is 10.2 Å². The van der Waals surface area contributed by atoms with Gasteiger partial charge in [-0.15, -0.1) is 0 Å². The first-order valence-corrected chi connectivity index (χ1v) is 5.13. The Morgan fingerprint density at radius 1 is 1.25 bits per heavy atom. The van der Waals surface area contributed by atoms with Crippen molar-refractivity contribution in [2.75, 3.05) is 0 Å². The number of hydrogen-bond donors (Lipinski definition) is 3. The predicted octanol–water partition coefficient (Wildman–Crippen LogP) is 0.120. The highest BCUT2D eigenvalue weighted by atomic mass is 16.6. The quantitative estimate of drug-likeness (QED) is 0.427. The lowest BCUT2D eigenvalue weighted by Crippen LogP contribution is -2.23. The molecule has 16 heavy (non-hydrogen) atoms. The molecule has 0 aromatic rings. The molecule has 0 aliphatic carbocycles. The summed E-state index contributed by atoms with van der Waals surface area (Å²) in [6.07, 6.45) is -2.42. The number of carboxylic acids is 1. The van der Waals surface area contributed by atoms with Crippen molar-refractivity contribution in [1.82, 2.24) is 0 Å². The number of carboxylic acid groups (broad SMARTS) is 1. The summed E-state index contributed by atoms with van der Waals surface area (Å²) in [4.78, 5) is 21.3. The van der Waals surface area contributed by atoms with Gasteiger partial charge in [-0.3, -0.25) is 4.79 Å². The molecule has 0 heterocycles. The lowest BCUT2D eigenvalue weighted by molar-refractivity contribution is -0.175. The molecule has 6 nitrogen and oxygen atoms in total. The average Bonchev–Trinajstić information content (AvgIpc) is 2.16. The van der Waals surface area contributed by atoms with Crippen molar-refractivity contribution >= 4 is 11.9 Å². The van der Waals surface area contributed by atoms with Gasteiger partial charge >= 0.3 is 11.9 Å². The molecular weight excluding hydrogens is 216 g/mol. The number of aliphatic hydroxyl groups is 2. The normalized spacial score (nSPS) is 14.6. The van der Waals surface area contributed by atoms with Crippen LogP contribution in [0.2, 0.25) is 0 Å². The molecule has 94 valence electrons. The van der Waals surface area contributed by atoms with Gasteiger partial charge in [0.25, 0.3) is 0 Å². The summed E-state index contributed by atoms with van der Waals surface area (Å²) in [6, 6.07) is 0. The van der Waals surface area contributed by atoms with Crippen LogP contribution in [0.15, 0.2) is 0 Å². The molecule has 0 radical (unpaired) electrons. The van der Waals surface area contributed by atoms with Gasteiger partial charge in [0.2, 0.25) is 6.29 Å². The monoisotopic (exact) mass is 234 g/mol. The molecule has 0 aliphatic rings. The number of aliphatic hydroxyl groups excluding tert-OH is 2. The number of rotatable bonds is 7. The fraction of sp³-hybridized carbons (Fsp3) is 0.800. The molecule has 0 amide bonds. The Bertz CT molecular complexity index is 237. The smallest absolute Gasteiger partial charge is 0.332 e. The van der Waals surface area contributed by atoms with E-state index in [0.717, 1.165) is 0 Å². The molecule has 2 unspecified atom stereocenters. The molecule has 2 atom stereocenters. The average molecular weight is 234 g/mol. The highest BCUT2D eigenvalue weighted by molar-refractivity contribution is 5.72. The molecule has 0 saturated carbocycles. The summed E-state index contributed by atoms with van der Waals surface area (Å²) in [5, 5.41) is 26.5. The number of aliphatic carboxylic acids is 1. The summed E-state index contributed by atoms with van der Waals surface area (Å²) in [6.45, 7) is 3.40. The first-order valence-electron chi connectivity index (χ1n) is 5.13. The molecule has 0 rings (SSSR count). The Morgan fingerprint density at radius 3 is 2.25 bits per heavy atom. The third-order valence-electron chi connectivity index (χ3n) is 1.97. The van der Waals surface area contributed by atoms with Gasteiger partial charge in [-0.2, -0.15) is 0 Å². The molecule has 0 bridgehead atoms. The number of esters is 1. The fourth-order valence-electron chi connectivity index (χ4n) is 0.893. The molecule has 0 aromatic carbocycles. The minimum absolute atomic E-state index is 0.0117. The van der Waals surface area contributed by atoms with Crippen molar-refractivity contribution in [3.8, 4) is 0 Å². The molecule has 0 aromatic heterocycles. The van der Waals surface area contributed by atoms with Crippen molar-refractivity contribution in [2.24, 2.45) is 5.92 Å². The van der Waals surface area contributed by atoms with Crippen LogP contribution >= 0.6 is 0 Å². The van der Waals surface area contributed by atoms with Gasteiger partial charge in [0.15, 0.2) is 6.10 Å². The SMILES string of the molecule is CC(C)C(O)OC(=O)CCCC(O)C(=O)O. The van der Waals surface area contributed by atoms with Crippen molar-refractivity contribution in [3.05, 3.63) is 0 Å². The van der Waals surface area contributed by atoms with Crippen molar-refractivity contribution in [2.45, 2.75) is 45.5 Å². The van der Waals surface area contributed by atoms with Crippen LogP contribution in [0.5, 0.6) is 0 Å². The number of carbonyl (C=O) groups excluding carboxylic acids is 1. The van der Waals surface area contributed by atoms with Crippen LogP contribution in [-0.4, -0.2) is 39.7 Å². The zero-order chi connectivity index (χ0) is 12.7. The van der Waals surface area contributed by atoms with Crippen LogP contribution in [0, 0.1) is 5.92 Å². The molecular formula is C10H18O6. The minimum Gasteiger partial charge on any atom is -0.479 e. The van der Waals surface area contributed by atoms with Gasteiger partial charge in [-0.1, -0.05) is 13.8 Å². The van der Waals surface area contributed by atoms with Gasteiger partial charge in [0.05, 0.1) is 0 Å². The zero-order valence-corrected chi connectivity index (χ0v) is 9.42. The third kappa shape index (κ3) is 6.36. The Hall–Kier alpha value is -1.14. The third-order valence-corrected chi connectivity index (χ3v) is 1.97. The molecule has 0 fully saturated rings. The second-order valence-electron chi connectivity index (χ2n) is 3.87. The van der Waals surface area contributed by atoms with E-state index >= 15 is 0 Å². The maximum absolute atomic E-state index is 11.1. The van der Waals surface area contributed by atoms with Gasteiger partial charge in [0.1, 0.15) is 0 Å². The van der Waals surface area contributed by atoms with Crippen molar-refractivity contribution in [1.29, 1.82) is 0 Å². The first kappa shape index (κ1) is 14.9. The fourth-order valence-corrected chi connectivity index (χ4v) is 0.893. The lowest BCUT2D eigenvalue weighted by Gasteiger charge is -2.15. The summed E-state index contributed by atoms with van der Waals surface area (Å²) in [5.41, 5.74) is 0. The molecule has 6 heteroatoms. The van der Waals surface area contributed by atoms with Crippen LogP contribution in [-0.2, 0) is 14.3 Å². The van der Waals surface area contributed by atoms with Crippen LogP contribution in [0.25, 0.3) is 0 Å². The van der Waals surface area contributed by atoms with E-state index in [1.54, 1.807) is 13.8 Å². The maximum Gasteiger partial charge on any atom is 0.332 e. The number of ether oxygens (including phenoxy) is 1. The predicted molar refractivity (Wildman–Crippen MR) is 54.4 cm³/mol. The topological polar surface area (TPSA) is 104 Å². The second-order valence-corrected chi connectivity index (χ2v) is 3.87. The van der Waals surface area contributed by atoms with Gasteiger partial charge in [0, 0.05) is 12.3 Å². The number of carbonyl (C=O) groups is 2. The van der Waals surface area contributed by atoms with E-state index in [1.807, 2.05) is 0 Å². The van der Waals surface area contributed by atoms with Crippen LogP contribution in [0.3, 0.4) is 0 Å². The van der Waals surface area contributed by atoms with E-state index in [0.29, 0.717) is 0 Å². The van der Waals surface area contributed by atoms with Gasteiger partial charge < -0.3 is 20.1 Å². The summed E-state index contributed by atoms with van der Waals surface area (Å²) in [5.74, 6) is -2.09. The standard InChI is InChI=1S/C10H18O6/c1-6(2)10(15)16-8(12)5-3-4-7(11)9(13)14/h6-7,10-11,15H,3-5H2,1-2H3,(H,13,14). The summed E-state index contributed by atoms with van der Waals surface area (Å²) < 4.78 is 4.64. The van der Waals surface area contributed by atoms with E-state index in [2.05, 4.69) is 4.74 Å². The van der Waals surface area contributed by atoms with Gasteiger partial charge in [-0.25, -0.2) is 4.79 Å². The van der Waals surface area contributed by atoms with Crippen LogP contribution < -0.4 is 0 Å². The Labute approximate surface area is 93.8 Å². The van der Waals surface area contributed by atoms with Crippen LogP contribution in [0.4, 0.5) is 0 Å². The van der Waals surface area contributed by atoms with E-state index < -0.39 is 24.3 Å². The van der Waals surface area contributed by atoms with Crippen LogP contribution in [0.1, 0.15) is 33.1 Å². The number of hydrogen-bond acceptors (Lipinski definition) is 5. The molecule has 0 spiro atoms. The van der Waals surface area contributed by atoms with E-state index in [9.17, 15) is 14.7 Å². The maximum atomic E-state index is 11.1.